The number of nitrogens with zero attached hydrogens (tertiary/aromatic N) is 1. The van der Waals surface area contributed by atoms with Crippen LogP contribution in [0, 0.1) is 11.8 Å². The van der Waals surface area contributed by atoms with Crippen molar-refractivity contribution in [2.45, 2.75) is 44.4 Å². The number of benzene rings is 1. The molecule has 10 heteroatoms. The highest BCUT2D eigenvalue weighted by atomic mass is 32.2. The lowest BCUT2D eigenvalue weighted by Crippen LogP contribution is -2.58. The second-order valence-corrected chi connectivity index (χ2v) is 11.5. The molecule has 3 heterocycles. The van der Waals surface area contributed by atoms with Gasteiger partial charge in [-0.2, -0.15) is 0 Å². The van der Waals surface area contributed by atoms with E-state index in [1.807, 2.05) is 0 Å². The number of carbonyl (C=O) groups is 2. The first-order valence-electron chi connectivity index (χ1n) is 11.8. The second-order valence-electron chi connectivity index (χ2n) is 9.30. The Morgan fingerprint density at radius 2 is 1.97 bits per heavy atom. The summed E-state index contributed by atoms with van der Waals surface area (Å²) in [7, 11) is -2.99. The van der Waals surface area contributed by atoms with Crippen molar-refractivity contribution in [3.8, 4) is 5.75 Å². The molecule has 0 spiro atoms. The number of allylic oxidation sites excluding steroid dienone is 1. The van der Waals surface area contributed by atoms with Crippen LogP contribution in [0.5, 0.6) is 5.75 Å². The zero-order valence-corrected chi connectivity index (χ0v) is 19.9. The summed E-state index contributed by atoms with van der Waals surface area (Å²) in [5.41, 5.74) is 0.407. The quantitative estimate of drug-likeness (QED) is 0.571. The van der Waals surface area contributed by atoms with Crippen LogP contribution in [0.25, 0.3) is 0 Å². The van der Waals surface area contributed by atoms with Crippen molar-refractivity contribution in [3.63, 3.8) is 0 Å². The number of Topliss-reactive ketones (excluding diaryl/α,β-unsaturated/α-hetero) is 1. The van der Waals surface area contributed by atoms with Gasteiger partial charge in [0, 0.05) is 18.5 Å². The summed E-state index contributed by atoms with van der Waals surface area (Å²) in [6.07, 6.45) is 3.05. The molecule has 0 bridgehead atoms. The topological polar surface area (TPSA) is 108 Å². The maximum Gasteiger partial charge on any atom is 0.338 e. The van der Waals surface area contributed by atoms with Gasteiger partial charge in [0.1, 0.15) is 18.1 Å². The number of fused-ring (bicyclic) bond motifs is 3. The van der Waals surface area contributed by atoms with Crippen molar-refractivity contribution in [3.05, 3.63) is 41.9 Å². The Kier molecular flexibility index (Phi) is 6.39. The van der Waals surface area contributed by atoms with Gasteiger partial charge < -0.3 is 18.9 Å². The van der Waals surface area contributed by atoms with E-state index in [1.165, 1.54) is 6.26 Å². The maximum atomic E-state index is 13.2. The third kappa shape index (κ3) is 4.58. The fourth-order valence-corrected chi connectivity index (χ4v) is 7.19. The molecule has 0 N–H and O–H groups in total. The molecule has 184 valence electrons. The van der Waals surface area contributed by atoms with Gasteiger partial charge in [0.2, 0.25) is 11.5 Å². The monoisotopic (exact) mass is 491 g/mol. The van der Waals surface area contributed by atoms with Crippen LogP contribution in [0.1, 0.15) is 36.5 Å². The molecule has 0 aromatic heterocycles. The van der Waals surface area contributed by atoms with Crippen LogP contribution in [-0.2, 0) is 28.8 Å². The second kappa shape index (κ2) is 9.31. The molecule has 0 amide bonds. The molecular weight excluding hydrogens is 462 g/mol. The van der Waals surface area contributed by atoms with Gasteiger partial charge in [-0.05, 0) is 50.5 Å². The first kappa shape index (κ1) is 23.3. The Morgan fingerprint density at radius 3 is 2.68 bits per heavy atom. The SMILES string of the molecule is CCOC(=O)c1ccc(OC2=COC3C(CCC4OCN(C5CCS(=O)(=O)C5)CC43)C2=O)cc1. The lowest BCUT2D eigenvalue weighted by Gasteiger charge is -2.49. The number of hydrogen-bond donors (Lipinski definition) is 0. The van der Waals surface area contributed by atoms with Gasteiger partial charge in [0.05, 0.1) is 42.4 Å². The normalized spacial score (nSPS) is 32.7. The molecule has 5 unspecified atom stereocenters. The Morgan fingerprint density at radius 1 is 1.18 bits per heavy atom. The number of esters is 1. The molecule has 1 aromatic rings. The van der Waals surface area contributed by atoms with Crippen LogP contribution in [0.2, 0.25) is 0 Å². The molecule has 5 rings (SSSR count). The highest BCUT2D eigenvalue weighted by molar-refractivity contribution is 7.91. The Hall–Kier alpha value is -2.43. The number of sulfone groups is 1. The van der Waals surface area contributed by atoms with Crippen molar-refractivity contribution >= 4 is 21.6 Å². The van der Waals surface area contributed by atoms with Gasteiger partial charge in [-0.1, -0.05) is 0 Å². The Bertz CT molecular complexity index is 1080. The van der Waals surface area contributed by atoms with Crippen molar-refractivity contribution in [2.24, 2.45) is 11.8 Å². The van der Waals surface area contributed by atoms with Crippen LogP contribution in [-0.4, -0.2) is 74.7 Å². The summed E-state index contributed by atoms with van der Waals surface area (Å²) in [5.74, 6) is 0.0742. The predicted octanol–water partition coefficient (Wildman–Crippen LogP) is 1.92. The third-order valence-electron chi connectivity index (χ3n) is 7.19. The minimum atomic E-state index is -2.99. The minimum Gasteiger partial charge on any atom is -0.493 e. The van der Waals surface area contributed by atoms with Crippen LogP contribution in [0.3, 0.4) is 0 Å². The minimum absolute atomic E-state index is 0.00500. The number of ketones is 1. The lowest BCUT2D eigenvalue weighted by molar-refractivity contribution is -0.178. The smallest absolute Gasteiger partial charge is 0.338 e. The average Bonchev–Trinajstić information content (AvgIpc) is 3.20. The molecule has 5 atom stereocenters. The van der Waals surface area contributed by atoms with E-state index >= 15 is 0 Å². The zero-order chi connectivity index (χ0) is 23.9. The van der Waals surface area contributed by atoms with Gasteiger partial charge in [-0.15, -0.1) is 0 Å². The molecule has 3 fully saturated rings. The standard InChI is InChI=1S/C24H29NO8S/c1-2-30-24(27)15-3-5-17(6-4-15)33-21-12-31-23-18(22(21)26)7-8-20-19(23)11-25(14-32-20)16-9-10-34(28,29)13-16/h3-6,12,16,18-20,23H,2,7-11,13-14H2,1H3. The van der Waals surface area contributed by atoms with Crippen LogP contribution >= 0.6 is 0 Å². The molecule has 4 aliphatic rings. The van der Waals surface area contributed by atoms with Crippen LogP contribution < -0.4 is 4.74 Å². The molecule has 0 radical (unpaired) electrons. The number of carbonyl (C=O) groups excluding carboxylic acids is 2. The number of rotatable bonds is 5. The molecule has 1 aliphatic carbocycles. The van der Waals surface area contributed by atoms with Gasteiger partial charge >= 0.3 is 5.97 Å². The molecule has 1 aromatic carbocycles. The Labute approximate surface area is 198 Å². The van der Waals surface area contributed by atoms with Crippen molar-refractivity contribution in [1.82, 2.24) is 4.90 Å². The first-order valence-corrected chi connectivity index (χ1v) is 13.6. The van der Waals surface area contributed by atoms with E-state index in [2.05, 4.69) is 4.90 Å². The summed E-state index contributed by atoms with van der Waals surface area (Å²) in [6.45, 7) is 3.10. The van der Waals surface area contributed by atoms with E-state index in [9.17, 15) is 18.0 Å². The average molecular weight is 492 g/mol. The van der Waals surface area contributed by atoms with Crippen LogP contribution in [0.15, 0.2) is 36.3 Å². The fraction of sp³-hybridized carbons (Fsp3) is 0.583. The van der Waals surface area contributed by atoms with Crippen molar-refractivity contribution < 1.29 is 37.0 Å². The van der Waals surface area contributed by atoms with E-state index in [4.69, 9.17) is 18.9 Å². The highest BCUT2D eigenvalue weighted by Gasteiger charge is 2.50. The summed E-state index contributed by atoms with van der Waals surface area (Å²) >= 11 is 0. The predicted molar refractivity (Wildman–Crippen MR) is 121 cm³/mol. The summed E-state index contributed by atoms with van der Waals surface area (Å²) in [5, 5.41) is 0. The van der Waals surface area contributed by atoms with E-state index in [0.717, 1.165) is 6.42 Å². The molecule has 2 saturated heterocycles. The largest absolute Gasteiger partial charge is 0.493 e. The van der Waals surface area contributed by atoms with E-state index < -0.39 is 15.8 Å². The van der Waals surface area contributed by atoms with E-state index in [-0.39, 0.29) is 53.1 Å². The van der Waals surface area contributed by atoms with E-state index in [1.54, 1.807) is 31.2 Å². The lowest BCUT2D eigenvalue weighted by atomic mass is 9.73. The van der Waals surface area contributed by atoms with Gasteiger partial charge in [0.25, 0.3) is 0 Å². The van der Waals surface area contributed by atoms with Crippen molar-refractivity contribution in [1.29, 1.82) is 0 Å². The molecule has 1 saturated carbocycles. The van der Waals surface area contributed by atoms with E-state index in [0.29, 0.717) is 44.0 Å². The maximum absolute atomic E-state index is 13.2. The summed E-state index contributed by atoms with van der Waals surface area (Å²) in [4.78, 5) is 27.1. The molecule has 3 aliphatic heterocycles. The van der Waals surface area contributed by atoms with Gasteiger partial charge in [0.15, 0.2) is 9.84 Å². The molecular formula is C24H29NO8S. The molecule has 9 nitrogen and oxygen atoms in total. The van der Waals surface area contributed by atoms with Crippen LogP contribution in [0.4, 0.5) is 0 Å². The summed E-state index contributed by atoms with van der Waals surface area (Å²) in [6, 6.07) is 6.37. The van der Waals surface area contributed by atoms with Crippen molar-refractivity contribution in [2.75, 3.05) is 31.4 Å². The first-order chi connectivity index (χ1) is 16.3. The number of hydrogen-bond acceptors (Lipinski definition) is 9. The summed E-state index contributed by atoms with van der Waals surface area (Å²) < 4.78 is 46.7. The highest BCUT2D eigenvalue weighted by Crippen LogP contribution is 2.41. The fourth-order valence-electron chi connectivity index (χ4n) is 5.43. The van der Waals surface area contributed by atoms with Gasteiger partial charge in [-0.3, -0.25) is 9.69 Å². The number of ether oxygens (including phenoxy) is 4. The Balaban J connectivity index is 1.26. The third-order valence-corrected chi connectivity index (χ3v) is 8.94. The zero-order valence-electron chi connectivity index (χ0n) is 19.1. The molecule has 34 heavy (non-hydrogen) atoms. The van der Waals surface area contributed by atoms with Gasteiger partial charge in [-0.25, -0.2) is 13.2 Å².